The maximum Gasteiger partial charge on any atom is 0.250 e. The molecule has 26 heavy (non-hydrogen) atoms. The Morgan fingerprint density at radius 2 is 1.69 bits per heavy atom. The van der Waals surface area contributed by atoms with E-state index >= 15 is 0 Å². The predicted molar refractivity (Wildman–Crippen MR) is 99.4 cm³/mol. The van der Waals surface area contributed by atoms with Crippen LogP contribution in [-0.4, -0.2) is 21.8 Å². The molecule has 0 bridgehead atoms. The number of primary sulfonamides is 1. The molecule has 0 aliphatic heterocycles. The first-order valence-electron chi connectivity index (χ1n) is 7.38. The minimum absolute atomic E-state index is 0.0256. The van der Waals surface area contributed by atoms with E-state index in [1.54, 1.807) is 18.3 Å². The van der Waals surface area contributed by atoms with Crippen molar-refractivity contribution in [1.29, 1.82) is 0 Å². The highest BCUT2D eigenvalue weighted by Crippen LogP contribution is 2.29. The van der Waals surface area contributed by atoms with Crippen LogP contribution in [0.15, 0.2) is 69.9 Å². The number of rotatable bonds is 6. The molecule has 3 aromatic rings. The van der Waals surface area contributed by atoms with Crippen LogP contribution in [0.25, 0.3) is 10.6 Å². The van der Waals surface area contributed by atoms with Crippen molar-refractivity contribution in [3.8, 4) is 10.6 Å². The lowest BCUT2D eigenvalue weighted by Gasteiger charge is -2.06. The molecule has 2 aromatic heterocycles. The molecule has 2 heterocycles. The van der Waals surface area contributed by atoms with E-state index in [1.165, 1.54) is 30.3 Å². The third-order valence-corrected chi connectivity index (χ3v) is 7.41. The van der Waals surface area contributed by atoms with Crippen LogP contribution < -0.4 is 9.86 Å². The molecule has 0 radical (unpaired) electrons. The van der Waals surface area contributed by atoms with Crippen molar-refractivity contribution in [1.82, 2.24) is 9.71 Å². The van der Waals surface area contributed by atoms with E-state index in [0.717, 1.165) is 16.2 Å². The van der Waals surface area contributed by atoms with Gasteiger partial charge in [0.25, 0.3) is 0 Å². The standard InChI is InChI=1S/C16H15N3O4S3/c17-25(20,21)13-6-4-12(5-7-13)11-19-26(22,23)16-9-8-15(24-16)14-3-1-2-10-18-14/h1-10,19H,11H2,(H2,17,20,21). The van der Waals surface area contributed by atoms with Crippen LogP contribution in [0, 0.1) is 0 Å². The van der Waals surface area contributed by atoms with Gasteiger partial charge in [0.05, 0.1) is 15.5 Å². The van der Waals surface area contributed by atoms with E-state index < -0.39 is 20.0 Å². The molecule has 0 spiro atoms. The summed E-state index contributed by atoms with van der Waals surface area (Å²) >= 11 is 1.13. The van der Waals surface area contributed by atoms with Gasteiger partial charge in [-0.1, -0.05) is 18.2 Å². The van der Waals surface area contributed by atoms with Gasteiger partial charge in [-0.05, 0) is 42.0 Å². The minimum Gasteiger partial charge on any atom is -0.255 e. The Labute approximate surface area is 155 Å². The SMILES string of the molecule is NS(=O)(=O)c1ccc(CNS(=O)(=O)c2ccc(-c3ccccn3)s2)cc1. The molecule has 7 nitrogen and oxygen atoms in total. The molecule has 10 heteroatoms. The lowest BCUT2D eigenvalue weighted by molar-refractivity contribution is 0.583. The summed E-state index contributed by atoms with van der Waals surface area (Å²) < 4.78 is 50.0. The van der Waals surface area contributed by atoms with Crippen LogP contribution in [0.4, 0.5) is 0 Å². The first kappa shape index (κ1) is 18.7. The first-order chi connectivity index (χ1) is 12.3. The number of benzene rings is 1. The maximum absolute atomic E-state index is 12.4. The molecule has 0 saturated heterocycles. The number of nitrogens with one attached hydrogen (secondary N) is 1. The summed E-state index contributed by atoms with van der Waals surface area (Å²) in [5.41, 5.74) is 1.32. The highest BCUT2D eigenvalue weighted by molar-refractivity contribution is 7.91. The number of pyridine rings is 1. The maximum atomic E-state index is 12.4. The van der Waals surface area contributed by atoms with Gasteiger partial charge in [0.2, 0.25) is 20.0 Å². The van der Waals surface area contributed by atoms with Crippen molar-refractivity contribution in [3.05, 3.63) is 66.4 Å². The van der Waals surface area contributed by atoms with Crippen LogP contribution >= 0.6 is 11.3 Å². The number of sulfonamides is 2. The quantitative estimate of drug-likeness (QED) is 0.645. The van der Waals surface area contributed by atoms with Gasteiger partial charge in [0, 0.05) is 12.7 Å². The average Bonchev–Trinajstić information content (AvgIpc) is 3.12. The molecule has 0 atom stereocenters. The van der Waals surface area contributed by atoms with Crippen LogP contribution in [-0.2, 0) is 26.6 Å². The van der Waals surface area contributed by atoms with Crippen molar-refractivity contribution in [2.75, 3.05) is 0 Å². The van der Waals surface area contributed by atoms with Gasteiger partial charge >= 0.3 is 0 Å². The van der Waals surface area contributed by atoms with Gasteiger partial charge in [0.15, 0.2) is 0 Å². The number of nitrogens with two attached hydrogens (primary N) is 1. The molecule has 0 fully saturated rings. The zero-order chi connectivity index (χ0) is 18.8. The highest BCUT2D eigenvalue weighted by Gasteiger charge is 2.17. The summed E-state index contributed by atoms with van der Waals surface area (Å²) in [6.45, 7) is 0.0318. The van der Waals surface area contributed by atoms with Crippen LogP contribution in [0.2, 0.25) is 0 Å². The number of hydrogen-bond donors (Lipinski definition) is 2. The summed E-state index contributed by atoms with van der Waals surface area (Å²) in [4.78, 5) is 4.93. The lowest BCUT2D eigenvalue weighted by Crippen LogP contribution is -2.22. The Bertz CT molecular complexity index is 1110. The molecule has 0 unspecified atom stereocenters. The third kappa shape index (κ3) is 4.34. The largest absolute Gasteiger partial charge is 0.255 e. The summed E-state index contributed by atoms with van der Waals surface area (Å²) in [6, 6.07) is 14.4. The zero-order valence-corrected chi connectivity index (χ0v) is 15.8. The van der Waals surface area contributed by atoms with Gasteiger partial charge in [-0.15, -0.1) is 11.3 Å². The topological polar surface area (TPSA) is 119 Å². The van der Waals surface area contributed by atoms with E-state index in [4.69, 9.17) is 5.14 Å². The zero-order valence-electron chi connectivity index (χ0n) is 13.4. The van der Waals surface area contributed by atoms with Crippen LogP contribution in [0.5, 0.6) is 0 Å². The van der Waals surface area contributed by atoms with Crippen molar-refractivity contribution in [2.24, 2.45) is 5.14 Å². The van der Waals surface area contributed by atoms with Gasteiger partial charge in [0.1, 0.15) is 4.21 Å². The number of nitrogens with zero attached hydrogens (tertiary/aromatic N) is 1. The summed E-state index contributed by atoms with van der Waals surface area (Å²) in [6.07, 6.45) is 1.65. The predicted octanol–water partition coefficient (Wildman–Crippen LogP) is 1.94. The van der Waals surface area contributed by atoms with Gasteiger partial charge in [-0.25, -0.2) is 26.7 Å². The Balaban J connectivity index is 1.73. The summed E-state index contributed by atoms with van der Waals surface area (Å²) in [7, 11) is -7.46. The molecule has 0 aliphatic rings. The van der Waals surface area contributed by atoms with E-state index in [2.05, 4.69) is 9.71 Å². The highest BCUT2D eigenvalue weighted by atomic mass is 32.2. The molecule has 136 valence electrons. The molecule has 0 saturated carbocycles. The van der Waals surface area contributed by atoms with E-state index in [0.29, 0.717) is 11.3 Å². The monoisotopic (exact) mass is 409 g/mol. The van der Waals surface area contributed by atoms with Crippen LogP contribution in [0.3, 0.4) is 0 Å². The van der Waals surface area contributed by atoms with Crippen molar-refractivity contribution < 1.29 is 16.8 Å². The fourth-order valence-corrected chi connectivity index (χ4v) is 5.02. The lowest BCUT2D eigenvalue weighted by atomic mass is 10.2. The average molecular weight is 410 g/mol. The molecular weight excluding hydrogens is 394 g/mol. The van der Waals surface area contributed by atoms with Crippen molar-refractivity contribution >= 4 is 31.4 Å². The van der Waals surface area contributed by atoms with E-state index in [9.17, 15) is 16.8 Å². The fourth-order valence-electron chi connectivity index (χ4n) is 2.16. The van der Waals surface area contributed by atoms with E-state index in [-0.39, 0.29) is 15.6 Å². The Kier molecular flexibility index (Phi) is 5.21. The number of thiophene rings is 1. The second kappa shape index (κ2) is 7.25. The Morgan fingerprint density at radius 3 is 2.31 bits per heavy atom. The smallest absolute Gasteiger partial charge is 0.250 e. The van der Waals surface area contributed by atoms with Gasteiger partial charge in [-0.2, -0.15) is 0 Å². The summed E-state index contributed by atoms with van der Waals surface area (Å²) in [5, 5.41) is 5.03. The normalized spacial score (nSPS) is 12.2. The third-order valence-electron chi connectivity index (χ3n) is 3.48. The van der Waals surface area contributed by atoms with Gasteiger partial charge in [-0.3, -0.25) is 4.98 Å². The Morgan fingerprint density at radius 1 is 0.962 bits per heavy atom. The molecule has 0 amide bonds. The van der Waals surface area contributed by atoms with Crippen LogP contribution in [0.1, 0.15) is 5.56 Å². The van der Waals surface area contributed by atoms with Gasteiger partial charge < -0.3 is 0 Å². The number of hydrogen-bond acceptors (Lipinski definition) is 6. The molecule has 3 N–H and O–H groups in total. The van der Waals surface area contributed by atoms with Crippen molar-refractivity contribution in [2.45, 2.75) is 15.6 Å². The minimum atomic E-state index is -3.77. The fraction of sp³-hybridized carbons (Fsp3) is 0.0625. The first-order valence-corrected chi connectivity index (χ1v) is 11.2. The van der Waals surface area contributed by atoms with E-state index in [1.807, 2.05) is 12.1 Å². The Hall–Kier alpha value is -2.11. The molecule has 1 aromatic carbocycles. The molecule has 0 aliphatic carbocycles. The second-order valence-corrected chi connectivity index (χ2v) is 9.99. The number of aromatic nitrogens is 1. The van der Waals surface area contributed by atoms with Crippen molar-refractivity contribution in [3.63, 3.8) is 0 Å². The second-order valence-electron chi connectivity index (χ2n) is 5.35. The summed E-state index contributed by atoms with van der Waals surface area (Å²) in [5.74, 6) is 0. The molecule has 3 rings (SSSR count). The molecular formula is C16H15N3O4S3.